The van der Waals surface area contributed by atoms with Crippen molar-refractivity contribution in [3.8, 4) is 5.75 Å². The Labute approximate surface area is 80.4 Å². The highest BCUT2D eigenvalue weighted by molar-refractivity contribution is 6.30. The van der Waals surface area contributed by atoms with Crippen LogP contribution in [0.5, 0.6) is 5.75 Å². The third kappa shape index (κ3) is 1.49. The third-order valence-corrected chi connectivity index (χ3v) is 2.43. The monoisotopic (exact) mass is 201 g/mol. The Morgan fingerprint density at radius 2 is 2.31 bits per heavy atom. The minimum atomic E-state index is -0.463. The number of hydrogen-bond acceptors (Lipinski definition) is 2. The van der Waals surface area contributed by atoms with Crippen LogP contribution in [0.2, 0.25) is 5.02 Å². The zero-order valence-corrected chi connectivity index (χ0v) is 7.64. The summed E-state index contributed by atoms with van der Waals surface area (Å²) in [5.41, 5.74) is 6.59. The summed E-state index contributed by atoms with van der Waals surface area (Å²) in [6, 6.07) is 2.73. The molecule has 0 unspecified atom stereocenters. The van der Waals surface area contributed by atoms with E-state index < -0.39 is 5.82 Å². The van der Waals surface area contributed by atoms with Crippen molar-refractivity contribution in [2.75, 3.05) is 6.61 Å². The quantitative estimate of drug-likeness (QED) is 0.699. The summed E-state index contributed by atoms with van der Waals surface area (Å²) in [5, 5.41) is 0.0969. The summed E-state index contributed by atoms with van der Waals surface area (Å²) in [6.45, 7) is 0.537. The molecule has 2 N–H and O–H groups in total. The lowest BCUT2D eigenvalue weighted by Gasteiger charge is -2.22. The van der Waals surface area contributed by atoms with Gasteiger partial charge in [-0.2, -0.15) is 0 Å². The van der Waals surface area contributed by atoms with Gasteiger partial charge in [0.15, 0.2) is 0 Å². The van der Waals surface area contributed by atoms with E-state index in [1.165, 1.54) is 12.1 Å². The van der Waals surface area contributed by atoms with E-state index in [9.17, 15) is 4.39 Å². The van der Waals surface area contributed by atoms with Crippen LogP contribution < -0.4 is 10.5 Å². The number of benzene rings is 1. The van der Waals surface area contributed by atoms with Crippen LogP contribution in [0.1, 0.15) is 18.0 Å². The van der Waals surface area contributed by atoms with E-state index in [1.807, 2.05) is 0 Å². The smallest absolute Gasteiger partial charge is 0.145 e. The summed E-state index contributed by atoms with van der Waals surface area (Å²) >= 11 is 5.62. The first-order valence-electron chi connectivity index (χ1n) is 4.06. The zero-order valence-electron chi connectivity index (χ0n) is 6.89. The molecule has 1 aromatic carbocycles. The molecule has 1 aliphatic heterocycles. The predicted molar refractivity (Wildman–Crippen MR) is 48.5 cm³/mol. The molecular formula is C9H9ClFNO. The minimum Gasteiger partial charge on any atom is -0.493 e. The van der Waals surface area contributed by atoms with Gasteiger partial charge in [0.2, 0.25) is 0 Å². The summed E-state index contributed by atoms with van der Waals surface area (Å²) in [6.07, 6.45) is 0.745. The summed E-state index contributed by atoms with van der Waals surface area (Å²) < 4.78 is 18.2. The van der Waals surface area contributed by atoms with Crippen molar-refractivity contribution in [2.24, 2.45) is 5.73 Å². The maximum atomic E-state index is 13.0. The van der Waals surface area contributed by atoms with Crippen molar-refractivity contribution in [3.05, 3.63) is 28.5 Å². The highest BCUT2D eigenvalue weighted by Crippen LogP contribution is 2.34. The summed E-state index contributed by atoms with van der Waals surface area (Å²) in [7, 11) is 0. The molecule has 4 heteroatoms. The van der Waals surface area contributed by atoms with Crippen molar-refractivity contribution in [2.45, 2.75) is 12.5 Å². The molecule has 13 heavy (non-hydrogen) atoms. The van der Waals surface area contributed by atoms with Crippen LogP contribution in [0.4, 0.5) is 4.39 Å². The average molecular weight is 202 g/mol. The molecule has 0 aliphatic carbocycles. The van der Waals surface area contributed by atoms with Crippen molar-refractivity contribution in [1.82, 2.24) is 0 Å². The van der Waals surface area contributed by atoms with Crippen molar-refractivity contribution in [3.63, 3.8) is 0 Å². The largest absolute Gasteiger partial charge is 0.493 e. The van der Waals surface area contributed by atoms with Gasteiger partial charge in [0, 0.05) is 24.1 Å². The van der Waals surface area contributed by atoms with Gasteiger partial charge in [-0.25, -0.2) is 4.39 Å². The fourth-order valence-corrected chi connectivity index (χ4v) is 1.58. The van der Waals surface area contributed by atoms with Gasteiger partial charge in [-0.05, 0) is 6.07 Å². The van der Waals surface area contributed by atoms with Gasteiger partial charge in [-0.1, -0.05) is 11.6 Å². The Morgan fingerprint density at radius 1 is 1.54 bits per heavy atom. The fourth-order valence-electron chi connectivity index (χ4n) is 1.41. The van der Waals surface area contributed by atoms with Gasteiger partial charge in [0.1, 0.15) is 11.6 Å². The molecular weight excluding hydrogens is 193 g/mol. The molecule has 2 rings (SSSR count). The number of halogens is 2. The summed E-state index contributed by atoms with van der Waals surface area (Å²) in [5.74, 6) is 0.0511. The van der Waals surface area contributed by atoms with E-state index in [2.05, 4.69) is 0 Å². The molecule has 0 saturated carbocycles. The van der Waals surface area contributed by atoms with Crippen molar-refractivity contribution in [1.29, 1.82) is 0 Å². The normalized spacial score (nSPS) is 20.7. The fraction of sp³-hybridized carbons (Fsp3) is 0.333. The molecule has 70 valence electrons. The molecule has 0 amide bonds. The van der Waals surface area contributed by atoms with Crippen molar-refractivity contribution >= 4 is 11.6 Å². The van der Waals surface area contributed by atoms with Gasteiger partial charge < -0.3 is 10.5 Å². The van der Waals surface area contributed by atoms with Crippen LogP contribution in [0.15, 0.2) is 12.1 Å². The highest BCUT2D eigenvalue weighted by atomic mass is 35.5. The number of ether oxygens (including phenoxy) is 1. The molecule has 0 saturated heterocycles. The van der Waals surface area contributed by atoms with Crippen LogP contribution in [0.3, 0.4) is 0 Å². The lowest BCUT2D eigenvalue weighted by atomic mass is 10.0. The Morgan fingerprint density at radius 3 is 3.08 bits per heavy atom. The van der Waals surface area contributed by atoms with E-state index in [0.29, 0.717) is 12.4 Å². The lowest BCUT2D eigenvalue weighted by Crippen LogP contribution is -2.20. The molecule has 1 atom stereocenters. The lowest BCUT2D eigenvalue weighted by molar-refractivity contribution is 0.267. The second kappa shape index (κ2) is 3.16. The topological polar surface area (TPSA) is 35.2 Å². The van der Waals surface area contributed by atoms with Crippen LogP contribution >= 0.6 is 11.6 Å². The van der Waals surface area contributed by atoms with Crippen LogP contribution in [-0.4, -0.2) is 6.61 Å². The van der Waals surface area contributed by atoms with E-state index in [4.69, 9.17) is 22.1 Å². The number of hydrogen-bond donors (Lipinski definition) is 1. The van der Waals surface area contributed by atoms with Gasteiger partial charge in [-0.15, -0.1) is 0 Å². The van der Waals surface area contributed by atoms with Crippen LogP contribution in [0.25, 0.3) is 0 Å². The second-order valence-corrected chi connectivity index (χ2v) is 3.45. The Balaban J connectivity index is 2.52. The molecule has 1 aliphatic rings. The van der Waals surface area contributed by atoms with Gasteiger partial charge in [0.25, 0.3) is 0 Å². The van der Waals surface area contributed by atoms with Gasteiger partial charge in [0.05, 0.1) is 11.6 Å². The standard InChI is InChI=1S/C9H9ClFNO/c10-6-3-5-8(12)1-2-13-9(5)4-7(6)11/h3-4,8H,1-2,12H2/t8-/m1/s1. The maximum absolute atomic E-state index is 13.0. The number of fused-ring (bicyclic) bond motifs is 1. The number of nitrogens with two attached hydrogens (primary N) is 1. The van der Waals surface area contributed by atoms with Gasteiger partial charge in [-0.3, -0.25) is 0 Å². The molecule has 0 bridgehead atoms. The molecule has 2 nitrogen and oxygen atoms in total. The molecule has 0 aromatic heterocycles. The maximum Gasteiger partial charge on any atom is 0.145 e. The van der Waals surface area contributed by atoms with E-state index >= 15 is 0 Å². The number of rotatable bonds is 0. The molecule has 0 fully saturated rings. The first-order chi connectivity index (χ1) is 6.18. The molecule has 0 radical (unpaired) electrons. The van der Waals surface area contributed by atoms with Crippen LogP contribution in [0, 0.1) is 5.82 Å². The first kappa shape index (κ1) is 8.78. The molecule has 1 heterocycles. The first-order valence-corrected chi connectivity index (χ1v) is 4.43. The van der Waals surface area contributed by atoms with Gasteiger partial charge >= 0.3 is 0 Å². The molecule has 0 spiro atoms. The average Bonchev–Trinajstić information content (AvgIpc) is 2.09. The SMILES string of the molecule is N[C@@H]1CCOc2cc(F)c(Cl)cc21. The summed E-state index contributed by atoms with van der Waals surface area (Å²) in [4.78, 5) is 0. The van der Waals surface area contributed by atoms with Crippen molar-refractivity contribution < 1.29 is 9.13 Å². The minimum absolute atomic E-state index is 0.0955. The zero-order chi connectivity index (χ0) is 9.42. The van der Waals surface area contributed by atoms with E-state index in [0.717, 1.165) is 12.0 Å². The van der Waals surface area contributed by atoms with E-state index in [-0.39, 0.29) is 11.1 Å². The Bertz CT molecular complexity index is 343. The van der Waals surface area contributed by atoms with Crippen LogP contribution in [-0.2, 0) is 0 Å². The second-order valence-electron chi connectivity index (χ2n) is 3.05. The Hall–Kier alpha value is -0.800. The Kier molecular flexibility index (Phi) is 2.14. The highest BCUT2D eigenvalue weighted by Gasteiger charge is 2.19. The predicted octanol–water partition coefficient (Wildman–Crippen LogP) is 2.26. The third-order valence-electron chi connectivity index (χ3n) is 2.14. The molecule has 1 aromatic rings. The van der Waals surface area contributed by atoms with E-state index in [1.54, 1.807) is 0 Å².